The number of hydrogen-bond acceptors (Lipinski definition) is 3. The predicted molar refractivity (Wildman–Crippen MR) is 73.1 cm³/mol. The minimum absolute atomic E-state index is 0.0464. The van der Waals surface area contributed by atoms with Crippen molar-refractivity contribution in [2.24, 2.45) is 0 Å². The van der Waals surface area contributed by atoms with Crippen LogP contribution < -0.4 is 5.32 Å². The van der Waals surface area contributed by atoms with Crippen LogP contribution in [0, 0.1) is 11.3 Å². The Morgan fingerprint density at radius 3 is 2.79 bits per heavy atom. The van der Waals surface area contributed by atoms with Crippen molar-refractivity contribution in [3.8, 4) is 6.07 Å². The first kappa shape index (κ1) is 13.6. The fourth-order valence-corrected chi connectivity index (χ4v) is 2.38. The summed E-state index contributed by atoms with van der Waals surface area (Å²) >= 11 is 0. The number of rotatable bonds is 4. The molecule has 2 rings (SSSR count). The summed E-state index contributed by atoms with van der Waals surface area (Å²) in [5.41, 5.74) is 1.06. The van der Waals surface area contributed by atoms with Gasteiger partial charge in [-0.1, -0.05) is 36.8 Å². The summed E-state index contributed by atoms with van der Waals surface area (Å²) in [5.74, 6) is 0.0464. The number of hydrogen-bond donors (Lipinski definition) is 1. The van der Waals surface area contributed by atoms with Gasteiger partial charge in [0.25, 0.3) is 0 Å². The van der Waals surface area contributed by atoms with E-state index in [1.165, 1.54) is 0 Å². The molecule has 0 unspecified atom stereocenters. The SMILES string of the molecule is N#CCN(Cc1ccccc1)C(=O)[C@H]1CCCCN1. The van der Waals surface area contributed by atoms with Crippen molar-refractivity contribution in [1.29, 1.82) is 5.26 Å². The van der Waals surface area contributed by atoms with Crippen LogP contribution in [0.5, 0.6) is 0 Å². The minimum Gasteiger partial charge on any atom is -0.324 e. The molecule has 1 aromatic carbocycles. The van der Waals surface area contributed by atoms with Gasteiger partial charge in [-0.25, -0.2) is 0 Å². The average molecular weight is 257 g/mol. The van der Waals surface area contributed by atoms with Gasteiger partial charge in [0.05, 0.1) is 12.1 Å². The molecular weight excluding hydrogens is 238 g/mol. The van der Waals surface area contributed by atoms with Crippen LogP contribution in [-0.2, 0) is 11.3 Å². The second-order valence-corrected chi connectivity index (χ2v) is 4.84. The van der Waals surface area contributed by atoms with Gasteiger partial charge in [0.15, 0.2) is 0 Å². The van der Waals surface area contributed by atoms with Crippen LogP contribution >= 0.6 is 0 Å². The van der Waals surface area contributed by atoms with Crippen molar-refractivity contribution in [1.82, 2.24) is 10.2 Å². The summed E-state index contributed by atoms with van der Waals surface area (Å²) in [6.45, 7) is 1.54. The summed E-state index contributed by atoms with van der Waals surface area (Å²) < 4.78 is 0. The Balaban J connectivity index is 2.02. The second kappa shape index (κ2) is 6.91. The number of nitrogens with one attached hydrogen (secondary N) is 1. The van der Waals surface area contributed by atoms with Crippen LogP contribution in [0.15, 0.2) is 30.3 Å². The average Bonchev–Trinajstić information content (AvgIpc) is 2.48. The number of nitriles is 1. The van der Waals surface area contributed by atoms with E-state index in [4.69, 9.17) is 5.26 Å². The van der Waals surface area contributed by atoms with Crippen LogP contribution in [0.2, 0.25) is 0 Å². The standard InChI is InChI=1S/C15H19N3O/c16-9-11-18(12-13-6-2-1-3-7-13)15(19)14-8-4-5-10-17-14/h1-3,6-7,14,17H,4-5,8,10-12H2/t14-/m1/s1. The van der Waals surface area contributed by atoms with Crippen LogP contribution in [0.3, 0.4) is 0 Å². The molecule has 1 heterocycles. The molecule has 100 valence electrons. The molecule has 1 amide bonds. The molecule has 1 aliphatic heterocycles. The summed E-state index contributed by atoms with van der Waals surface area (Å²) in [6.07, 6.45) is 3.07. The third-order valence-electron chi connectivity index (χ3n) is 3.40. The molecule has 0 bridgehead atoms. The third kappa shape index (κ3) is 3.80. The molecule has 19 heavy (non-hydrogen) atoms. The lowest BCUT2D eigenvalue weighted by Crippen LogP contribution is -2.48. The molecule has 1 atom stereocenters. The van der Waals surface area contributed by atoms with E-state index in [9.17, 15) is 4.79 Å². The largest absolute Gasteiger partial charge is 0.324 e. The van der Waals surface area contributed by atoms with E-state index >= 15 is 0 Å². The van der Waals surface area contributed by atoms with Crippen molar-refractivity contribution in [2.75, 3.05) is 13.1 Å². The van der Waals surface area contributed by atoms with Crippen molar-refractivity contribution in [3.05, 3.63) is 35.9 Å². The Hall–Kier alpha value is -1.86. The maximum atomic E-state index is 12.4. The second-order valence-electron chi connectivity index (χ2n) is 4.84. The van der Waals surface area contributed by atoms with Gasteiger partial charge in [-0.2, -0.15) is 5.26 Å². The summed E-state index contributed by atoms with van der Waals surface area (Å²) in [4.78, 5) is 14.0. The molecule has 0 radical (unpaired) electrons. The highest BCUT2D eigenvalue weighted by atomic mass is 16.2. The van der Waals surface area contributed by atoms with Gasteiger partial charge in [0, 0.05) is 6.54 Å². The first-order valence-electron chi connectivity index (χ1n) is 6.74. The van der Waals surface area contributed by atoms with Gasteiger partial charge in [-0.3, -0.25) is 4.79 Å². The lowest BCUT2D eigenvalue weighted by atomic mass is 10.0. The van der Waals surface area contributed by atoms with E-state index in [-0.39, 0.29) is 18.5 Å². The van der Waals surface area contributed by atoms with Gasteiger partial charge in [-0.15, -0.1) is 0 Å². The number of benzene rings is 1. The van der Waals surface area contributed by atoms with E-state index in [1.807, 2.05) is 30.3 Å². The molecule has 0 spiro atoms. The van der Waals surface area contributed by atoms with Gasteiger partial charge < -0.3 is 10.2 Å². The first-order valence-corrected chi connectivity index (χ1v) is 6.74. The first-order chi connectivity index (χ1) is 9.31. The van der Waals surface area contributed by atoms with Gasteiger partial charge in [-0.05, 0) is 24.9 Å². The van der Waals surface area contributed by atoms with Crippen LogP contribution in [0.1, 0.15) is 24.8 Å². The summed E-state index contributed by atoms with van der Waals surface area (Å²) in [5, 5.41) is 12.1. The molecule has 1 fully saturated rings. The summed E-state index contributed by atoms with van der Waals surface area (Å²) in [7, 11) is 0. The molecule has 1 saturated heterocycles. The van der Waals surface area contributed by atoms with Crippen LogP contribution in [0.4, 0.5) is 0 Å². The predicted octanol–water partition coefficient (Wildman–Crippen LogP) is 1.68. The molecule has 0 saturated carbocycles. The fraction of sp³-hybridized carbons (Fsp3) is 0.467. The van der Waals surface area contributed by atoms with Gasteiger partial charge in [0.1, 0.15) is 6.54 Å². The number of amides is 1. The lowest BCUT2D eigenvalue weighted by Gasteiger charge is -2.28. The Bertz CT molecular complexity index is 446. The van der Waals surface area contributed by atoms with Gasteiger partial charge >= 0.3 is 0 Å². The smallest absolute Gasteiger partial charge is 0.240 e. The number of carbonyl (C=O) groups is 1. The van der Waals surface area contributed by atoms with E-state index in [1.54, 1.807) is 4.90 Å². The van der Waals surface area contributed by atoms with E-state index in [2.05, 4.69) is 11.4 Å². The Kier molecular flexibility index (Phi) is 4.93. The zero-order valence-electron chi connectivity index (χ0n) is 11.0. The molecule has 0 aromatic heterocycles. The highest BCUT2D eigenvalue weighted by Gasteiger charge is 2.25. The van der Waals surface area contributed by atoms with Crippen molar-refractivity contribution in [3.63, 3.8) is 0 Å². The lowest BCUT2D eigenvalue weighted by molar-refractivity contribution is -0.134. The molecule has 0 aliphatic carbocycles. The topological polar surface area (TPSA) is 56.1 Å². The van der Waals surface area contributed by atoms with Crippen molar-refractivity contribution < 1.29 is 4.79 Å². The zero-order chi connectivity index (χ0) is 13.5. The quantitative estimate of drug-likeness (QED) is 0.835. The monoisotopic (exact) mass is 257 g/mol. The minimum atomic E-state index is -0.120. The molecule has 4 heteroatoms. The Labute approximate surface area is 114 Å². The number of piperidine rings is 1. The van der Waals surface area contributed by atoms with Crippen molar-refractivity contribution in [2.45, 2.75) is 31.8 Å². The molecule has 4 nitrogen and oxygen atoms in total. The highest BCUT2D eigenvalue weighted by molar-refractivity contribution is 5.82. The third-order valence-corrected chi connectivity index (χ3v) is 3.40. The maximum Gasteiger partial charge on any atom is 0.240 e. The maximum absolute atomic E-state index is 12.4. The zero-order valence-corrected chi connectivity index (χ0v) is 11.0. The van der Waals surface area contributed by atoms with Crippen LogP contribution in [0.25, 0.3) is 0 Å². The van der Waals surface area contributed by atoms with E-state index in [0.29, 0.717) is 6.54 Å². The highest BCUT2D eigenvalue weighted by Crippen LogP contribution is 2.12. The number of nitrogens with zero attached hydrogens (tertiary/aromatic N) is 2. The molecule has 1 aromatic rings. The summed E-state index contributed by atoms with van der Waals surface area (Å²) in [6, 6.07) is 11.8. The van der Waals surface area contributed by atoms with E-state index < -0.39 is 0 Å². The van der Waals surface area contributed by atoms with Crippen LogP contribution in [-0.4, -0.2) is 29.9 Å². The Morgan fingerprint density at radius 1 is 1.37 bits per heavy atom. The fourth-order valence-electron chi connectivity index (χ4n) is 2.38. The Morgan fingerprint density at radius 2 is 2.16 bits per heavy atom. The van der Waals surface area contributed by atoms with Gasteiger partial charge in [0.2, 0.25) is 5.91 Å². The normalized spacial score (nSPS) is 18.6. The number of carbonyl (C=O) groups excluding carboxylic acids is 1. The molecular formula is C15H19N3O. The van der Waals surface area contributed by atoms with Crippen molar-refractivity contribution >= 4 is 5.91 Å². The molecule has 1 aliphatic rings. The molecule has 1 N–H and O–H groups in total. The van der Waals surface area contributed by atoms with E-state index in [0.717, 1.165) is 31.4 Å².